The first kappa shape index (κ1) is 20.3. The molecule has 0 saturated heterocycles. The highest BCUT2D eigenvalue weighted by Gasteiger charge is 2.25. The van der Waals surface area contributed by atoms with Crippen LogP contribution in [0.3, 0.4) is 0 Å². The van der Waals surface area contributed by atoms with E-state index < -0.39 is 5.82 Å². The van der Waals surface area contributed by atoms with Crippen molar-refractivity contribution in [1.82, 2.24) is 34.8 Å². The van der Waals surface area contributed by atoms with Crippen molar-refractivity contribution in [3.63, 3.8) is 0 Å². The molecular formula is C23H24FN7O. The van der Waals surface area contributed by atoms with E-state index in [0.29, 0.717) is 28.4 Å². The molecule has 0 atom stereocenters. The zero-order valence-corrected chi connectivity index (χ0v) is 18.0. The van der Waals surface area contributed by atoms with Gasteiger partial charge in [-0.1, -0.05) is 18.1 Å². The molecule has 1 N–H and O–H groups in total. The summed E-state index contributed by atoms with van der Waals surface area (Å²) in [6.45, 7) is 0.162. The number of rotatable bonds is 5. The summed E-state index contributed by atoms with van der Waals surface area (Å²) in [5, 5.41) is 10.8. The molecule has 1 aromatic carbocycles. The first-order chi connectivity index (χ1) is 15.5. The number of carbonyl (C=O) groups excluding carboxylic acids is 1. The van der Waals surface area contributed by atoms with E-state index in [9.17, 15) is 9.18 Å². The Balaban J connectivity index is 1.39. The van der Waals surface area contributed by atoms with Crippen LogP contribution < -0.4 is 5.32 Å². The predicted molar refractivity (Wildman–Crippen MR) is 117 cm³/mol. The molecule has 0 unspecified atom stereocenters. The van der Waals surface area contributed by atoms with Gasteiger partial charge in [-0.2, -0.15) is 0 Å². The molecule has 0 radical (unpaired) electrons. The number of hydrogen-bond acceptors (Lipinski definition) is 5. The molecule has 8 nitrogen and oxygen atoms in total. The Bertz CT molecular complexity index is 1300. The van der Waals surface area contributed by atoms with Crippen molar-refractivity contribution < 1.29 is 9.18 Å². The molecule has 32 heavy (non-hydrogen) atoms. The minimum atomic E-state index is -0.398. The maximum atomic E-state index is 14.2. The van der Waals surface area contributed by atoms with E-state index in [-0.39, 0.29) is 12.5 Å². The number of carbonyl (C=O) groups is 1. The van der Waals surface area contributed by atoms with Crippen molar-refractivity contribution in [3.05, 3.63) is 59.6 Å². The van der Waals surface area contributed by atoms with Gasteiger partial charge in [-0.3, -0.25) is 9.48 Å². The lowest BCUT2D eigenvalue weighted by Gasteiger charge is -2.10. The van der Waals surface area contributed by atoms with Gasteiger partial charge < -0.3 is 9.88 Å². The van der Waals surface area contributed by atoms with Gasteiger partial charge in [0, 0.05) is 38.3 Å². The van der Waals surface area contributed by atoms with Crippen LogP contribution in [0, 0.1) is 5.82 Å². The van der Waals surface area contributed by atoms with Crippen LogP contribution in [-0.4, -0.2) is 35.4 Å². The third-order valence-electron chi connectivity index (χ3n) is 6.06. The number of nitrogens with zero attached hydrogens (tertiary/aromatic N) is 6. The summed E-state index contributed by atoms with van der Waals surface area (Å²) in [6, 6.07) is 6.43. The number of amides is 1. The van der Waals surface area contributed by atoms with E-state index in [4.69, 9.17) is 4.98 Å². The normalized spacial score (nSPS) is 14.3. The van der Waals surface area contributed by atoms with Gasteiger partial charge in [-0.25, -0.2) is 14.4 Å². The predicted octanol–water partition coefficient (Wildman–Crippen LogP) is 3.49. The first-order valence-electron chi connectivity index (χ1n) is 10.8. The second kappa shape index (κ2) is 8.14. The van der Waals surface area contributed by atoms with Crippen LogP contribution in [0.25, 0.3) is 22.3 Å². The minimum Gasteiger partial charge on any atom is -0.347 e. The van der Waals surface area contributed by atoms with Crippen LogP contribution in [-0.2, 0) is 20.6 Å². The van der Waals surface area contributed by atoms with Gasteiger partial charge in [0.2, 0.25) is 0 Å². The molecule has 0 aliphatic heterocycles. The highest BCUT2D eigenvalue weighted by Crippen LogP contribution is 2.35. The lowest BCUT2D eigenvalue weighted by Crippen LogP contribution is -2.24. The quantitative estimate of drug-likeness (QED) is 0.520. The smallest absolute Gasteiger partial charge is 0.272 e. The molecule has 9 heteroatoms. The number of fused-ring (bicyclic) bond motifs is 1. The van der Waals surface area contributed by atoms with E-state index in [1.807, 2.05) is 17.7 Å². The Labute approximate surface area is 184 Å². The van der Waals surface area contributed by atoms with E-state index in [1.54, 1.807) is 30.2 Å². The third-order valence-corrected chi connectivity index (χ3v) is 6.06. The monoisotopic (exact) mass is 433 g/mol. The Morgan fingerprint density at radius 1 is 1.22 bits per heavy atom. The highest BCUT2D eigenvalue weighted by atomic mass is 19.1. The molecule has 3 heterocycles. The number of aromatic nitrogens is 6. The number of hydrogen-bond donors (Lipinski definition) is 1. The van der Waals surface area contributed by atoms with E-state index in [2.05, 4.69) is 20.6 Å². The second-order valence-corrected chi connectivity index (χ2v) is 8.35. The molecular weight excluding hydrogens is 409 g/mol. The summed E-state index contributed by atoms with van der Waals surface area (Å²) in [7, 11) is 3.70. The summed E-state index contributed by atoms with van der Waals surface area (Å²) < 4.78 is 17.7. The van der Waals surface area contributed by atoms with E-state index in [1.165, 1.54) is 25.0 Å². The Morgan fingerprint density at radius 3 is 2.78 bits per heavy atom. The van der Waals surface area contributed by atoms with Crippen molar-refractivity contribution in [2.24, 2.45) is 14.1 Å². The van der Waals surface area contributed by atoms with Gasteiger partial charge in [-0.05, 0) is 42.7 Å². The molecule has 0 spiro atoms. The van der Waals surface area contributed by atoms with Gasteiger partial charge in [0.1, 0.15) is 17.3 Å². The Morgan fingerprint density at radius 2 is 2.03 bits per heavy atom. The van der Waals surface area contributed by atoms with Gasteiger partial charge >= 0.3 is 0 Å². The molecule has 1 amide bonds. The number of aryl methyl sites for hydroxylation is 2. The van der Waals surface area contributed by atoms with Gasteiger partial charge in [0.15, 0.2) is 5.69 Å². The second-order valence-electron chi connectivity index (χ2n) is 8.35. The van der Waals surface area contributed by atoms with Crippen molar-refractivity contribution in [3.8, 4) is 11.3 Å². The van der Waals surface area contributed by atoms with E-state index in [0.717, 1.165) is 29.7 Å². The fourth-order valence-electron chi connectivity index (χ4n) is 4.54. The van der Waals surface area contributed by atoms with Crippen molar-refractivity contribution in [1.29, 1.82) is 0 Å². The summed E-state index contributed by atoms with van der Waals surface area (Å²) in [5.41, 5.74) is 3.63. The summed E-state index contributed by atoms with van der Waals surface area (Å²) in [4.78, 5) is 22.2. The molecule has 3 aromatic heterocycles. The topological polar surface area (TPSA) is 90.5 Å². The number of imidazole rings is 1. The maximum Gasteiger partial charge on any atom is 0.272 e. The molecule has 1 fully saturated rings. The SMILES string of the molecule is Cn1cc(-c2cc(F)cc(CNC(=O)c3nccc4nc(C5CCCC5)n(C)c34)c2)nn1. The van der Waals surface area contributed by atoms with Crippen LogP contribution in [0.2, 0.25) is 0 Å². The average Bonchev–Trinajstić information content (AvgIpc) is 3.52. The largest absolute Gasteiger partial charge is 0.347 e. The molecule has 0 bridgehead atoms. The van der Waals surface area contributed by atoms with Crippen molar-refractivity contribution >= 4 is 16.9 Å². The fraction of sp³-hybridized carbons (Fsp3) is 0.348. The maximum absolute atomic E-state index is 14.2. The van der Waals surface area contributed by atoms with Crippen molar-refractivity contribution in [2.45, 2.75) is 38.1 Å². The minimum absolute atomic E-state index is 0.162. The molecule has 1 aliphatic rings. The lowest BCUT2D eigenvalue weighted by atomic mass is 10.1. The summed E-state index contributed by atoms with van der Waals surface area (Å²) in [6.07, 6.45) is 8.00. The van der Waals surface area contributed by atoms with Crippen LogP contribution in [0.5, 0.6) is 0 Å². The molecule has 4 aromatic rings. The average molecular weight is 433 g/mol. The van der Waals surface area contributed by atoms with Crippen LogP contribution >= 0.6 is 0 Å². The van der Waals surface area contributed by atoms with Gasteiger partial charge in [-0.15, -0.1) is 5.10 Å². The lowest BCUT2D eigenvalue weighted by molar-refractivity contribution is 0.0947. The zero-order chi connectivity index (χ0) is 22.2. The number of nitrogens with one attached hydrogen (secondary N) is 1. The van der Waals surface area contributed by atoms with Crippen molar-refractivity contribution in [2.75, 3.05) is 0 Å². The number of benzene rings is 1. The molecule has 1 aliphatic carbocycles. The summed E-state index contributed by atoms with van der Waals surface area (Å²) in [5.74, 6) is 0.723. The fourth-order valence-corrected chi connectivity index (χ4v) is 4.54. The Kier molecular flexibility index (Phi) is 5.16. The highest BCUT2D eigenvalue weighted by molar-refractivity contribution is 6.03. The Hall–Kier alpha value is -3.62. The standard InChI is InChI=1S/C23H24FN7O/c1-30-13-19(28-29-30)16-9-14(10-17(24)11-16)12-26-23(32)20-21-18(7-8-25-20)27-22(31(21)2)15-5-3-4-6-15/h7-11,13,15H,3-6,12H2,1-2H3,(H,26,32). The van der Waals surface area contributed by atoms with Crippen LogP contribution in [0.15, 0.2) is 36.7 Å². The zero-order valence-electron chi connectivity index (χ0n) is 18.0. The molecule has 164 valence electrons. The molecule has 5 rings (SSSR count). The first-order valence-corrected chi connectivity index (χ1v) is 10.8. The van der Waals surface area contributed by atoms with E-state index >= 15 is 0 Å². The number of halogens is 1. The summed E-state index contributed by atoms with van der Waals surface area (Å²) >= 11 is 0. The van der Waals surface area contributed by atoms with Crippen LogP contribution in [0.4, 0.5) is 4.39 Å². The number of pyridine rings is 1. The third kappa shape index (κ3) is 3.74. The van der Waals surface area contributed by atoms with Gasteiger partial charge in [0.25, 0.3) is 5.91 Å². The van der Waals surface area contributed by atoms with Crippen LogP contribution in [0.1, 0.15) is 53.5 Å². The molecule has 1 saturated carbocycles. The van der Waals surface area contributed by atoms with Gasteiger partial charge in [0.05, 0.1) is 17.2 Å².